The van der Waals surface area contributed by atoms with Crippen molar-refractivity contribution in [2.24, 2.45) is 0 Å². The molecule has 1 N–H and O–H groups in total. The minimum absolute atomic E-state index is 0.213. The first-order valence-corrected chi connectivity index (χ1v) is 9.01. The van der Waals surface area contributed by atoms with Crippen LogP contribution in [0.4, 0.5) is 0 Å². The number of aliphatic hydroxyl groups excluding tert-OH is 1. The maximum absolute atomic E-state index is 9.22. The Morgan fingerprint density at radius 1 is 1.35 bits per heavy atom. The van der Waals surface area contributed by atoms with Crippen LogP contribution in [0, 0.1) is 0 Å². The number of aliphatic hydroxyl groups is 1. The number of fused-ring (bicyclic) bond motifs is 1. The molecule has 1 aliphatic carbocycles. The molecule has 0 fully saturated rings. The van der Waals surface area contributed by atoms with E-state index >= 15 is 0 Å². The van der Waals surface area contributed by atoms with Crippen LogP contribution in [0.2, 0.25) is 0 Å². The standard InChI is InChI=1S/C17H23N3O2S/c1-2-22-17-19-18-16(23-17)12-20(10-5-11-21)15-9-8-13-6-3-4-7-14(13)15/h3-4,6-7,15,21H,2,5,8-12H2,1H3/t15-/m1/s1. The van der Waals surface area contributed by atoms with Crippen molar-refractivity contribution in [3.05, 3.63) is 40.4 Å². The van der Waals surface area contributed by atoms with Crippen LogP contribution in [0.1, 0.15) is 41.9 Å². The van der Waals surface area contributed by atoms with Gasteiger partial charge in [-0.25, -0.2) is 0 Å². The maximum Gasteiger partial charge on any atom is 0.294 e. The second-order valence-corrected chi connectivity index (χ2v) is 6.72. The molecule has 5 nitrogen and oxygen atoms in total. The summed E-state index contributed by atoms with van der Waals surface area (Å²) in [4.78, 5) is 2.41. The highest BCUT2D eigenvalue weighted by Gasteiger charge is 2.28. The third-order valence-electron chi connectivity index (χ3n) is 4.20. The summed E-state index contributed by atoms with van der Waals surface area (Å²) in [6.45, 7) is 4.39. The van der Waals surface area contributed by atoms with Gasteiger partial charge in [0.1, 0.15) is 5.01 Å². The SMILES string of the molecule is CCOc1nnc(CN(CCCO)[C@@H]2CCc3ccccc32)s1. The van der Waals surface area contributed by atoms with Gasteiger partial charge in [0.25, 0.3) is 5.19 Å². The van der Waals surface area contributed by atoms with E-state index in [2.05, 4.69) is 39.4 Å². The second kappa shape index (κ2) is 7.86. The molecule has 1 heterocycles. The van der Waals surface area contributed by atoms with Gasteiger partial charge in [-0.05, 0) is 37.3 Å². The van der Waals surface area contributed by atoms with Crippen LogP contribution < -0.4 is 4.74 Å². The Kier molecular flexibility index (Phi) is 5.59. The number of ether oxygens (including phenoxy) is 1. The van der Waals surface area contributed by atoms with Gasteiger partial charge in [-0.1, -0.05) is 35.6 Å². The number of nitrogens with zero attached hydrogens (tertiary/aromatic N) is 3. The number of hydrogen-bond acceptors (Lipinski definition) is 6. The second-order valence-electron chi connectivity index (χ2n) is 5.70. The molecule has 0 spiro atoms. The van der Waals surface area contributed by atoms with Crippen molar-refractivity contribution in [2.75, 3.05) is 19.8 Å². The van der Waals surface area contributed by atoms with Crippen molar-refractivity contribution in [1.82, 2.24) is 15.1 Å². The van der Waals surface area contributed by atoms with E-state index in [0.29, 0.717) is 17.8 Å². The summed E-state index contributed by atoms with van der Waals surface area (Å²) in [6.07, 6.45) is 3.02. The number of benzene rings is 1. The van der Waals surface area contributed by atoms with E-state index in [0.717, 1.165) is 37.4 Å². The zero-order chi connectivity index (χ0) is 16.1. The first-order chi connectivity index (χ1) is 11.3. The molecule has 23 heavy (non-hydrogen) atoms. The van der Waals surface area contributed by atoms with E-state index in [1.807, 2.05) is 6.92 Å². The van der Waals surface area contributed by atoms with Crippen LogP contribution >= 0.6 is 11.3 Å². The van der Waals surface area contributed by atoms with Crippen molar-refractivity contribution in [3.63, 3.8) is 0 Å². The van der Waals surface area contributed by atoms with E-state index in [1.165, 1.54) is 22.5 Å². The summed E-state index contributed by atoms with van der Waals surface area (Å²) in [5.74, 6) is 0. The zero-order valence-corrected chi connectivity index (χ0v) is 14.3. The van der Waals surface area contributed by atoms with Crippen LogP contribution in [0.15, 0.2) is 24.3 Å². The summed E-state index contributed by atoms with van der Waals surface area (Å²) in [5, 5.41) is 19.2. The van der Waals surface area contributed by atoms with Crippen LogP contribution in [0.5, 0.6) is 5.19 Å². The van der Waals surface area contributed by atoms with Gasteiger partial charge in [0.2, 0.25) is 0 Å². The lowest BCUT2D eigenvalue weighted by Gasteiger charge is -2.28. The highest BCUT2D eigenvalue weighted by Crippen LogP contribution is 2.36. The molecule has 0 unspecified atom stereocenters. The third kappa shape index (κ3) is 3.88. The van der Waals surface area contributed by atoms with Gasteiger partial charge in [0, 0.05) is 19.2 Å². The fraction of sp³-hybridized carbons (Fsp3) is 0.529. The van der Waals surface area contributed by atoms with Gasteiger partial charge in [-0.3, -0.25) is 4.90 Å². The molecule has 3 rings (SSSR count). The average Bonchev–Trinajstić information content (AvgIpc) is 3.18. The number of rotatable bonds is 8. The molecule has 1 atom stereocenters. The highest BCUT2D eigenvalue weighted by atomic mass is 32.1. The summed E-state index contributed by atoms with van der Waals surface area (Å²) < 4.78 is 5.42. The molecular formula is C17H23N3O2S. The Labute approximate surface area is 140 Å². The molecule has 1 aliphatic rings. The quantitative estimate of drug-likeness (QED) is 0.805. The van der Waals surface area contributed by atoms with Crippen LogP contribution in [-0.2, 0) is 13.0 Å². The molecule has 0 saturated heterocycles. The van der Waals surface area contributed by atoms with Crippen molar-refractivity contribution < 1.29 is 9.84 Å². The monoisotopic (exact) mass is 333 g/mol. The van der Waals surface area contributed by atoms with Gasteiger partial charge < -0.3 is 9.84 Å². The molecule has 0 bridgehead atoms. The molecule has 2 aromatic rings. The van der Waals surface area contributed by atoms with Crippen LogP contribution in [0.3, 0.4) is 0 Å². The first kappa shape index (κ1) is 16.4. The Bertz CT molecular complexity index is 632. The summed E-state index contributed by atoms with van der Waals surface area (Å²) >= 11 is 1.51. The number of aryl methyl sites for hydroxylation is 1. The third-order valence-corrected chi connectivity index (χ3v) is 5.02. The molecule has 0 aliphatic heterocycles. The Balaban J connectivity index is 1.75. The van der Waals surface area contributed by atoms with Gasteiger partial charge in [0.05, 0.1) is 13.2 Å². The van der Waals surface area contributed by atoms with Gasteiger partial charge in [-0.15, -0.1) is 10.2 Å². The smallest absolute Gasteiger partial charge is 0.294 e. The molecular weight excluding hydrogens is 310 g/mol. The molecule has 1 aromatic heterocycles. The molecule has 1 aromatic carbocycles. The molecule has 0 saturated carbocycles. The topological polar surface area (TPSA) is 58.5 Å². The lowest BCUT2D eigenvalue weighted by molar-refractivity contribution is 0.165. The summed E-state index contributed by atoms with van der Waals surface area (Å²) in [6, 6.07) is 9.07. The lowest BCUT2D eigenvalue weighted by Crippen LogP contribution is -2.28. The Morgan fingerprint density at radius 3 is 3.04 bits per heavy atom. The van der Waals surface area contributed by atoms with E-state index < -0.39 is 0 Å². The van der Waals surface area contributed by atoms with Gasteiger partial charge in [-0.2, -0.15) is 0 Å². The van der Waals surface area contributed by atoms with Crippen molar-refractivity contribution >= 4 is 11.3 Å². The van der Waals surface area contributed by atoms with Crippen molar-refractivity contribution in [3.8, 4) is 5.19 Å². The van der Waals surface area contributed by atoms with Gasteiger partial charge in [0.15, 0.2) is 0 Å². The first-order valence-electron chi connectivity index (χ1n) is 8.19. The summed E-state index contributed by atoms with van der Waals surface area (Å²) in [5.41, 5.74) is 2.86. The van der Waals surface area contributed by atoms with Crippen LogP contribution in [-0.4, -0.2) is 40.0 Å². The normalized spacial score (nSPS) is 16.7. The van der Waals surface area contributed by atoms with E-state index in [-0.39, 0.29) is 6.61 Å². The minimum atomic E-state index is 0.213. The van der Waals surface area contributed by atoms with E-state index in [1.54, 1.807) is 0 Å². The Hall–Kier alpha value is -1.50. The minimum Gasteiger partial charge on any atom is -0.469 e. The summed E-state index contributed by atoms with van der Waals surface area (Å²) in [7, 11) is 0. The average molecular weight is 333 g/mol. The van der Waals surface area contributed by atoms with Crippen molar-refractivity contribution in [2.45, 2.75) is 38.8 Å². The number of hydrogen-bond donors (Lipinski definition) is 1. The predicted molar refractivity (Wildman–Crippen MR) is 90.7 cm³/mol. The fourth-order valence-electron chi connectivity index (χ4n) is 3.19. The maximum atomic E-state index is 9.22. The lowest BCUT2D eigenvalue weighted by atomic mass is 10.1. The Morgan fingerprint density at radius 2 is 2.22 bits per heavy atom. The molecule has 6 heteroatoms. The fourth-order valence-corrected chi connectivity index (χ4v) is 3.96. The van der Waals surface area contributed by atoms with Crippen LogP contribution in [0.25, 0.3) is 0 Å². The predicted octanol–water partition coefficient (Wildman–Crippen LogP) is 2.81. The molecule has 124 valence electrons. The largest absolute Gasteiger partial charge is 0.469 e. The van der Waals surface area contributed by atoms with E-state index in [4.69, 9.17) is 4.74 Å². The molecule has 0 amide bonds. The van der Waals surface area contributed by atoms with E-state index in [9.17, 15) is 5.11 Å². The highest BCUT2D eigenvalue weighted by molar-refractivity contribution is 7.13. The molecule has 0 radical (unpaired) electrons. The zero-order valence-electron chi connectivity index (χ0n) is 13.4. The van der Waals surface area contributed by atoms with Gasteiger partial charge >= 0.3 is 0 Å². The van der Waals surface area contributed by atoms with Crippen molar-refractivity contribution in [1.29, 1.82) is 0 Å². The number of aromatic nitrogens is 2.